The van der Waals surface area contributed by atoms with Crippen LogP contribution in [0.1, 0.15) is 60.3 Å². The lowest BCUT2D eigenvalue weighted by atomic mass is 10.1. The van der Waals surface area contributed by atoms with Crippen LogP contribution in [0.4, 0.5) is 0 Å². The second-order valence-electron chi connectivity index (χ2n) is 7.73. The average Bonchev–Trinajstić information content (AvgIpc) is 3.12. The van der Waals surface area contributed by atoms with Gasteiger partial charge in [0.2, 0.25) is 0 Å². The molecule has 0 aliphatic carbocycles. The molecular weight excluding hydrogens is 356 g/mol. The Hall–Kier alpha value is -1.22. The predicted octanol–water partition coefficient (Wildman–Crippen LogP) is 2.32. The molecule has 5 atom stereocenters. The molecule has 8 heteroatoms. The van der Waals surface area contributed by atoms with Gasteiger partial charge < -0.3 is 28.4 Å². The molecule has 2 aliphatic rings. The quantitative estimate of drug-likeness (QED) is 0.556. The third-order valence-corrected chi connectivity index (χ3v) is 4.53. The van der Waals surface area contributed by atoms with Crippen LogP contribution < -0.4 is 0 Å². The highest BCUT2D eigenvalue weighted by Crippen LogP contribution is 2.28. The van der Waals surface area contributed by atoms with Crippen LogP contribution in [0, 0.1) is 0 Å². The first-order valence-corrected chi connectivity index (χ1v) is 9.58. The number of carbonyl (C=O) groups is 2. The van der Waals surface area contributed by atoms with E-state index in [2.05, 4.69) is 0 Å². The molecule has 0 bridgehead atoms. The summed E-state index contributed by atoms with van der Waals surface area (Å²) in [7, 11) is 0. The van der Waals surface area contributed by atoms with Gasteiger partial charge in [0.15, 0.2) is 11.6 Å². The molecule has 0 spiro atoms. The van der Waals surface area contributed by atoms with Gasteiger partial charge in [-0.05, 0) is 34.6 Å². The van der Waals surface area contributed by atoms with E-state index in [-0.39, 0.29) is 43.6 Å². The van der Waals surface area contributed by atoms with Crippen molar-refractivity contribution >= 4 is 11.9 Å². The van der Waals surface area contributed by atoms with E-state index in [1.54, 1.807) is 6.92 Å². The molecule has 5 unspecified atom stereocenters. The van der Waals surface area contributed by atoms with Crippen molar-refractivity contribution in [3.8, 4) is 0 Å². The van der Waals surface area contributed by atoms with Gasteiger partial charge in [-0.2, -0.15) is 0 Å². The van der Waals surface area contributed by atoms with Crippen molar-refractivity contribution in [2.24, 2.45) is 0 Å². The Kier molecular flexibility index (Phi) is 7.62. The van der Waals surface area contributed by atoms with E-state index >= 15 is 0 Å². The lowest BCUT2D eigenvalue weighted by Crippen LogP contribution is -2.29. The second kappa shape index (κ2) is 9.32. The van der Waals surface area contributed by atoms with Gasteiger partial charge in [-0.3, -0.25) is 9.59 Å². The maximum absolute atomic E-state index is 11.9. The monoisotopic (exact) mass is 388 g/mol. The smallest absolute Gasteiger partial charge is 0.306 e. The van der Waals surface area contributed by atoms with Crippen molar-refractivity contribution in [3.05, 3.63) is 0 Å². The van der Waals surface area contributed by atoms with Crippen LogP contribution in [0.5, 0.6) is 0 Å². The van der Waals surface area contributed by atoms with Crippen LogP contribution in [0.3, 0.4) is 0 Å². The molecule has 27 heavy (non-hydrogen) atoms. The third-order valence-electron chi connectivity index (χ3n) is 4.53. The van der Waals surface area contributed by atoms with E-state index in [1.807, 2.05) is 27.7 Å². The molecule has 2 heterocycles. The lowest BCUT2D eigenvalue weighted by Gasteiger charge is -2.23. The maximum atomic E-state index is 11.9. The Balaban J connectivity index is 1.58. The highest BCUT2D eigenvalue weighted by molar-refractivity contribution is 5.70. The summed E-state index contributed by atoms with van der Waals surface area (Å²) >= 11 is 0. The highest BCUT2D eigenvalue weighted by atomic mass is 16.7. The summed E-state index contributed by atoms with van der Waals surface area (Å²) in [6.45, 7) is 10.2. The first-order chi connectivity index (χ1) is 12.6. The van der Waals surface area contributed by atoms with Crippen molar-refractivity contribution in [2.75, 3.05) is 19.8 Å². The van der Waals surface area contributed by atoms with Gasteiger partial charge >= 0.3 is 11.9 Å². The molecule has 156 valence electrons. The number of rotatable bonds is 9. The molecule has 2 saturated heterocycles. The molecular formula is C19H32O8. The second-order valence-corrected chi connectivity index (χ2v) is 7.73. The van der Waals surface area contributed by atoms with Crippen molar-refractivity contribution in [2.45, 2.75) is 90.2 Å². The Morgan fingerprint density at radius 1 is 0.963 bits per heavy atom. The Labute approximate surface area is 160 Å². The summed E-state index contributed by atoms with van der Waals surface area (Å²) in [4.78, 5) is 23.8. The summed E-state index contributed by atoms with van der Waals surface area (Å²) in [5.41, 5.74) is 0. The van der Waals surface area contributed by atoms with Crippen LogP contribution in [0.15, 0.2) is 0 Å². The first kappa shape index (κ1) is 22.1. The molecule has 0 aromatic rings. The number of ether oxygens (including phenoxy) is 6. The van der Waals surface area contributed by atoms with Gasteiger partial charge in [0.25, 0.3) is 0 Å². The Morgan fingerprint density at radius 3 is 1.89 bits per heavy atom. The summed E-state index contributed by atoms with van der Waals surface area (Å²) in [6, 6.07) is 0. The van der Waals surface area contributed by atoms with E-state index in [9.17, 15) is 9.59 Å². The number of hydrogen-bond acceptors (Lipinski definition) is 8. The van der Waals surface area contributed by atoms with Gasteiger partial charge in [-0.25, -0.2) is 0 Å². The minimum Gasteiger partial charge on any atom is -0.462 e. The topological polar surface area (TPSA) is 89.5 Å². The lowest BCUT2D eigenvalue weighted by molar-refractivity contribution is -0.173. The fourth-order valence-electron chi connectivity index (χ4n) is 3.09. The third kappa shape index (κ3) is 7.37. The van der Waals surface area contributed by atoms with E-state index in [1.165, 1.54) is 0 Å². The Bertz CT molecular complexity index is 524. The van der Waals surface area contributed by atoms with Gasteiger partial charge in [0, 0.05) is 12.8 Å². The van der Waals surface area contributed by atoms with Crippen molar-refractivity contribution in [1.29, 1.82) is 0 Å². The zero-order valence-corrected chi connectivity index (χ0v) is 16.9. The Morgan fingerprint density at radius 2 is 1.44 bits per heavy atom. The molecule has 0 aromatic heterocycles. The molecule has 2 rings (SSSR count). The van der Waals surface area contributed by atoms with Gasteiger partial charge in [-0.1, -0.05) is 0 Å². The molecule has 0 N–H and O–H groups in total. The molecule has 0 amide bonds. The van der Waals surface area contributed by atoms with E-state index in [4.69, 9.17) is 28.4 Å². The van der Waals surface area contributed by atoms with Crippen LogP contribution >= 0.6 is 0 Å². The number of esters is 2. The fraction of sp³-hybridized carbons (Fsp3) is 0.895. The largest absolute Gasteiger partial charge is 0.462 e. The van der Waals surface area contributed by atoms with Crippen LogP contribution in [0.2, 0.25) is 0 Å². The van der Waals surface area contributed by atoms with Crippen LogP contribution in [-0.4, -0.2) is 61.6 Å². The SMILES string of the molecule is CC(COC(=O)CCC1(C)OCC(C)O1)OC(=O)CCC1(C)OCC(C)O1. The van der Waals surface area contributed by atoms with Gasteiger partial charge in [0.1, 0.15) is 12.7 Å². The normalized spacial score (nSPS) is 34.4. The fourth-order valence-corrected chi connectivity index (χ4v) is 3.09. The molecule has 8 nitrogen and oxygen atoms in total. The van der Waals surface area contributed by atoms with Crippen molar-refractivity contribution in [1.82, 2.24) is 0 Å². The molecule has 0 aromatic carbocycles. The highest BCUT2D eigenvalue weighted by Gasteiger charge is 2.36. The van der Waals surface area contributed by atoms with E-state index in [0.29, 0.717) is 26.1 Å². The standard InChI is InChI=1S/C19H32O8/c1-13(25-17(21)7-9-19(5)24-12-15(3)27-19)10-22-16(20)6-8-18(4)23-11-14(2)26-18/h13-15H,6-12H2,1-5H3. The molecule has 0 radical (unpaired) electrons. The van der Waals surface area contributed by atoms with E-state index in [0.717, 1.165) is 0 Å². The van der Waals surface area contributed by atoms with Crippen molar-refractivity contribution < 1.29 is 38.0 Å². The minimum atomic E-state index is -0.744. The van der Waals surface area contributed by atoms with Crippen LogP contribution in [-0.2, 0) is 38.0 Å². The molecule has 0 saturated carbocycles. The average molecular weight is 388 g/mol. The predicted molar refractivity (Wildman–Crippen MR) is 94.8 cm³/mol. The number of hydrogen-bond donors (Lipinski definition) is 0. The summed E-state index contributed by atoms with van der Waals surface area (Å²) in [5, 5.41) is 0. The van der Waals surface area contributed by atoms with Gasteiger partial charge in [0.05, 0.1) is 38.3 Å². The first-order valence-electron chi connectivity index (χ1n) is 9.58. The van der Waals surface area contributed by atoms with Gasteiger partial charge in [-0.15, -0.1) is 0 Å². The van der Waals surface area contributed by atoms with Crippen LogP contribution in [0.25, 0.3) is 0 Å². The maximum Gasteiger partial charge on any atom is 0.306 e. The summed E-state index contributed by atoms with van der Waals surface area (Å²) in [6.07, 6.45) is 0.710. The van der Waals surface area contributed by atoms with E-state index < -0.39 is 17.7 Å². The molecule has 2 aliphatic heterocycles. The molecule has 2 fully saturated rings. The van der Waals surface area contributed by atoms with Crippen molar-refractivity contribution in [3.63, 3.8) is 0 Å². The summed E-state index contributed by atoms with van der Waals surface area (Å²) in [5.74, 6) is -2.23. The minimum absolute atomic E-state index is 0.0146. The number of carbonyl (C=O) groups excluding carboxylic acids is 2. The summed E-state index contributed by atoms with van der Waals surface area (Å²) < 4.78 is 32.8. The zero-order chi connectivity index (χ0) is 20.1. The zero-order valence-electron chi connectivity index (χ0n) is 16.9.